The summed E-state index contributed by atoms with van der Waals surface area (Å²) in [7, 11) is 0. The monoisotopic (exact) mass is 482 g/mol. The summed E-state index contributed by atoms with van der Waals surface area (Å²) in [5, 5.41) is 5.02. The van der Waals surface area contributed by atoms with Gasteiger partial charge in [-0.2, -0.15) is 13.2 Å². The Morgan fingerprint density at radius 1 is 1.00 bits per heavy atom. The summed E-state index contributed by atoms with van der Waals surface area (Å²) >= 11 is 11.6. The van der Waals surface area contributed by atoms with Crippen molar-refractivity contribution in [1.82, 2.24) is 9.97 Å². The van der Waals surface area contributed by atoms with Gasteiger partial charge in [0, 0.05) is 23.1 Å². The Morgan fingerprint density at radius 2 is 1.72 bits per heavy atom. The number of carbonyl (C=O) groups excluding carboxylic acids is 2. The quantitative estimate of drug-likeness (QED) is 0.356. The topological polar surface area (TPSA) is 84.0 Å². The summed E-state index contributed by atoms with van der Waals surface area (Å²) < 4.78 is 38.8. The molecular weight excluding hydrogens is 468 g/mol. The molecule has 0 unspecified atom stereocenters. The van der Waals surface area contributed by atoms with E-state index in [1.807, 2.05) is 0 Å². The highest BCUT2D eigenvalue weighted by atomic mass is 35.5. The van der Waals surface area contributed by atoms with Crippen LogP contribution in [-0.2, 0) is 6.18 Å². The van der Waals surface area contributed by atoms with Crippen molar-refractivity contribution in [3.63, 3.8) is 0 Å². The minimum absolute atomic E-state index is 0.00623. The predicted molar refractivity (Wildman–Crippen MR) is 115 cm³/mol. The smallest absolute Gasteiger partial charge is 0.322 e. The zero-order chi connectivity index (χ0) is 23.6. The fraction of sp³-hybridized carbons (Fsp3) is 0.143. The molecule has 2 aromatic carbocycles. The molecule has 0 saturated carbocycles. The van der Waals surface area contributed by atoms with Crippen LogP contribution in [0.25, 0.3) is 0 Å². The molecular formula is C21H15Cl2F3N4O2. The minimum atomic E-state index is -4.57. The molecule has 0 aliphatic heterocycles. The van der Waals surface area contributed by atoms with Gasteiger partial charge in [-0.25, -0.2) is 9.97 Å². The molecule has 0 aliphatic carbocycles. The van der Waals surface area contributed by atoms with Gasteiger partial charge in [0.05, 0.1) is 11.1 Å². The van der Waals surface area contributed by atoms with Crippen LogP contribution in [0.15, 0.2) is 42.6 Å². The number of anilines is 2. The fourth-order valence-electron chi connectivity index (χ4n) is 2.88. The van der Waals surface area contributed by atoms with Crippen molar-refractivity contribution >= 4 is 46.4 Å². The number of amides is 2. The van der Waals surface area contributed by atoms with Crippen molar-refractivity contribution in [3.05, 3.63) is 80.8 Å². The van der Waals surface area contributed by atoms with Crippen molar-refractivity contribution in [2.45, 2.75) is 20.0 Å². The maximum atomic E-state index is 12.9. The molecule has 0 atom stereocenters. The van der Waals surface area contributed by atoms with Crippen molar-refractivity contribution in [3.8, 4) is 0 Å². The number of nitrogens with one attached hydrogen (secondary N) is 2. The van der Waals surface area contributed by atoms with Gasteiger partial charge in [-0.15, -0.1) is 0 Å². The molecule has 1 aromatic heterocycles. The second-order valence-corrected chi connectivity index (χ2v) is 7.46. The van der Waals surface area contributed by atoms with Gasteiger partial charge < -0.3 is 10.6 Å². The number of benzene rings is 2. The third-order valence-electron chi connectivity index (χ3n) is 4.57. The number of hydrogen-bond acceptors (Lipinski definition) is 4. The molecule has 11 heteroatoms. The first-order valence-electron chi connectivity index (χ1n) is 9.05. The van der Waals surface area contributed by atoms with E-state index in [2.05, 4.69) is 20.6 Å². The highest BCUT2D eigenvalue weighted by molar-refractivity contribution is 6.34. The largest absolute Gasteiger partial charge is 0.416 e. The lowest BCUT2D eigenvalue weighted by Crippen LogP contribution is -2.18. The molecule has 0 bridgehead atoms. The molecule has 3 rings (SSSR count). The van der Waals surface area contributed by atoms with Crippen LogP contribution in [0.4, 0.5) is 24.5 Å². The molecule has 0 aliphatic rings. The van der Waals surface area contributed by atoms with Crippen LogP contribution in [-0.4, -0.2) is 21.8 Å². The van der Waals surface area contributed by atoms with Crippen molar-refractivity contribution in [2.24, 2.45) is 0 Å². The van der Waals surface area contributed by atoms with E-state index in [1.165, 1.54) is 12.3 Å². The molecule has 3 aromatic rings. The standard InChI is InChI=1S/C21H15Cl2F3N4O2/c1-10-6-7-15(28-18(31)12-4-3-5-13(8-12)21(24,25)26)11(2)16(10)29-19(32)14-9-27-20(23)30-17(14)22/h3-9H,1-2H3,(H,28,31)(H,29,32). The van der Waals surface area contributed by atoms with Gasteiger partial charge in [-0.3, -0.25) is 9.59 Å². The van der Waals surface area contributed by atoms with E-state index >= 15 is 0 Å². The Labute approximate surface area is 190 Å². The lowest BCUT2D eigenvalue weighted by molar-refractivity contribution is -0.137. The molecule has 0 fully saturated rings. The van der Waals surface area contributed by atoms with Crippen molar-refractivity contribution < 1.29 is 22.8 Å². The number of halogens is 5. The first-order valence-corrected chi connectivity index (χ1v) is 9.81. The summed E-state index contributed by atoms with van der Waals surface area (Å²) in [6.45, 7) is 3.38. The molecule has 0 saturated heterocycles. The molecule has 2 N–H and O–H groups in total. The molecule has 32 heavy (non-hydrogen) atoms. The Morgan fingerprint density at radius 3 is 2.38 bits per heavy atom. The fourth-order valence-corrected chi connectivity index (χ4v) is 3.27. The average Bonchev–Trinajstić information content (AvgIpc) is 2.72. The van der Waals surface area contributed by atoms with Crippen LogP contribution < -0.4 is 10.6 Å². The normalized spacial score (nSPS) is 11.2. The van der Waals surface area contributed by atoms with Gasteiger partial charge in [-0.05, 0) is 60.8 Å². The van der Waals surface area contributed by atoms with Crippen LogP contribution >= 0.6 is 23.2 Å². The first-order chi connectivity index (χ1) is 15.0. The third-order valence-corrected chi connectivity index (χ3v) is 5.04. The summed E-state index contributed by atoms with van der Waals surface area (Å²) in [6, 6.07) is 7.31. The Bertz CT molecular complexity index is 1220. The molecule has 1 heterocycles. The molecule has 0 radical (unpaired) electrons. The van der Waals surface area contributed by atoms with E-state index in [9.17, 15) is 22.8 Å². The van der Waals surface area contributed by atoms with Crippen molar-refractivity contribution in [2.75, 3.05) is 10.6 Å². The van der Waals surface area contributed by atoms with Gasteiger partial charge in [0.15, 0.2) is 0 Å². The van der Waals surface area contributed by atoms with Gasteiger partial charge in [0.2, 0.25) is 5.28 Å². The molecule has 0 spiro atoms. The number of aromatic nitrogens is 2. The zero-order valence-electron chi connectivity index (χ0n) is 16.6. The third kappa shape index (κ3) is 5.17. The average molecular weight is 483 g/mol. The summed E-state index contributed by atoms with van der Waals surface area (Å²) in [4.78, 5) is 32.6. The number of alkyl halides is 3. The summed E-state index contributed by atoms with van der Waals surface area (Å²) in [5.74, 6) is -1.33. The van der Waals surface area contributed by atoms with Gasteiger partial charge in [0.25, 0.3) is 11.8 Å². The van der Waals surface area contributed by atoms with Crippen LogP contribution in [0.2, 0.25) is 10.4 Å². The Balaban J connectivity index is 1.86. The predicted octanol–water partition coefficient (Wildman–Crippen LogP) is 5.92. The number of nitrogens with zero attached hydrogens (tertiary/aromatic N) is 2. The summed E-state index contributed by atoms with van der Waals surface area (Å²) in [6.07, 6.45) is -3.39. The van der Waals surface area contributed by atoms with Crippen molar-refractivity contribution in [1.29, 1.82) is 0 Å². The van der Waals surface area contributed by atoms with Crippen LogP contribution in [0.5, 0.6) is 0 Å². The van der Waals surface area contributed by atoms with Crippen LogP contribution in [0.3, 0.4) is 0 Å². The number of rotatable bonds is 4. The molecule has 2 amide bonds. The van der Waals surface area contributed by atoms with Crippen LogP contribution in [0, 0.1) is 13.8 Å². The number of aryl methyl sites for hydroxylation is 1. The maximum Gasteiger partial charge on any atom is 0.416 e. The Kier molecular flexibility index (Phi) is 6.71. The van der Waals surface area contributed by atoms with E-state index in [1.54, 1.807) is 26.0 Å². The number of hydrogen-bond donors (Lipinski definition) is 2. The SMILES string of the molecule is Cc1ccc(NC(=O)c2cccc(C(F)(F)F)c2)c(C)c1NC(=O)c1cnc(Cl)nc1Cl. The van der Waals surface area contributed by atoms with E-state index in [-0.39, 0.29) is 21.6 Å². The van der Waals surface area contributed by atoms with Gasteiger partial charge in [-0.1, -0.05) is 23.7 Å². The zero-order valence-corrected chi connectivity index (χ0v) is 18.2. The second kappa shape index (κ2) is 9.13. The minimum Gasteiger partial charge on any atom is -0.322 e. The second-order valence-electron chi connectivity index (χ2n) is 6.76. The van der Waals surface area contributed by atoms with Gasteiger partial charge >= 0.3 is 6.18 Å². The van der Waals surface area contributed by atoms with Crippen LogP contribution in [0.1, 0.15) is 37.4 Å². The van der Waals surface area contributed by atoms with E-state index in [0.29, 0.717) is 22.5 Å². The number of carbonyl (C=O) groups is 2. The van der Waals surface area contributed by atoms with E-state index < -0.39 is 23.6 Å². The first kappa shape index (κ1) is 23.5. The van der Waals surface area contributed by atoms with E-state index in [4.69, 9.17) is 23.2 Å². The molecule has 6 nitrogen and oxygen atoms in total. The van der Waals surface area contributed by atoms with E-state index in [0.717, 1.165) is 18.2 Å². The highest BCUT2D eigenvalue weighted by Crippen LogP contribution is 2.31. The molecule has 166 valence electrons. The lowest BCUT2D eigenvalue weighted by Gasteiger charge is -2.16. The summed E-state index contributed by atoms with van der Waals surface area (Å²) in [5.41, 5.74) is 0.780. The van der Waals surface area contributed by atoms with Gasteiger partial charge in [0.1, 0.15) is 5.15 Å². The Hall–Kier alpha value is -3.17. The maximum absolute atomic E-state index is 12.9. The lowest BCUT2D eigenvalue weighted by atomic mass is 10.1. The highest BCUT2D eigenvalue weighted by Gasteiger charge is 2.31.